The van der Waals surface area contributed by atoms with E-state index in [2.05, 4.69) is 5.32 Å². The van der Waals surface area contributed by atoms with Gasteiger partial charge in [-0.2, -0.15) is 0 Å². The SMILES string of the molecule is COC(CCCCC1CCN(c2cc3c(cc2F)n(C2CCC(=O)NC2=O)c(=O)n3C)CC1)OC. The number of rotatable bonds is 9. The number of hydrogen-bond acceptors (Lipinski definition) is 6. The molecule has 35 heavy (non-hydrogen) atoms. The summed E-state index contributed by atoms with van der Waals surface area (Å²) in [5.74, 6) is -0.680. The molecular weight excluding hydrogens is 455 g/mol. The van der Waals surface area contributed by atoms with Gasteiger partial charge in [0.1, 0.15) is 11.9 Å². The Balaban J connectivity index is 1.44. The second-order valence-corrected chi connectivity index (χ2v) is 9.59. The van der Waals surface area contributed by atoms with Crippen molar-refractivity contribution < 1.29 is 23.5 Å². The van der Waals surface area contributed by atoms with Gasteiger partial charge >= 0.3 is 5.69 Å². The van der Waals surface area contributed by atoms with E-state index < -0.39 is 23.5 Å². The number of fused-ring (bicyclic) bond motifs is 1. The summed E-state index contributed by atoms with van der Waals surface area (Å²) in [5.41, 5.74) is 1.03. The summed E-state index contributed by atoms with van der Waals surface area (Å²) in [4.78, 5) is 38.9. The molecule has 0 aliphatic carbocycles. The van der Waals surface area contributed by atoms with E-state index in [1.165, 1.54) is 15.2 Å². The Labute approximate surface area is 204 Å². The number of unbranched alkanes of at least 4 members (excludes halogenated alkanes) is 1. The van der Waals surface area contributed by atoms with Crippen molar-refractivity contribution in [2.75, 3.05) is 32.2 Å². The van der Waals surface area contributed by atoms with E-state index in [4.69, 9.17) is 9.47 Å². The Hall–Kier alpha value is -2.72. The number of anilines is 1. The predicted molar refractivity (Wildman–Crippen MR) is 130 cm³/mol. The molecule has 3 heterocycles. The molecule has 10 heteroatoms. The van der Waals surface area contributed by atoms with Crippen LogP contribution in [0.3, 0.4) is 0 Å². The maximum absolute atomic E-state index is 15.3. The molecule has 1 atom stereocenters. The number of aromatic nitrogens is 2. The van der Waals surface area contributed by atoms with Crippen LogP contribution in [0.2, 0.25) is 0 Å². The molecule has 1 N–H and O–H groups in total. The molecule has 1 aromatic heterocycles. The molecule has 2 aromatic rings. The molecule has 2 aliphatic heterocycles. The number of carbonyl (C=O) groups excluding carboxylic acids is 2. The fourth-order valence-electron chi connectivity index (χ4n) is 5.38. The van der Waals surface area contributed by atoms with Gasteiger partial charge in [-0.05, 0) is 44.1 Å². The maximum Gasteiger partial charge on any atom is 0.329 e. The molecule has 2 fully saturated rings. The number of amides is 2. The predicted octanol–water partition coefficient (Wildman–Crippen LogP) is 2.85. The zero-order valence-electron chi connectivity index (χ0n) is 20.7. The first-order valence-corrected chi connectivity index (χ1v) is 12.4. The number of halogens is 1. The highest BCUT2D eigenvalue weighted by Crippen LogP contribution is 2.32. The fraction of sp³-hybridized carbons (Fsp3) is 0.640. The number of hydrogen-bond donors (Lipinski definition) is 1. The number of methoxy groups -OCH3 is 2. The number of ether oxygens (including phenoxy) is 2. The van der Waals surface area contributed by atoms with Gasteiger partial charge in [0.2, 0.25) is 11.8 Å². The molecule has 0 bridgehead atoms. The molecule has 2 saturated heterocycles. The summed E-state index contributed by atoms with van der Waals surface area (Å²) in [6, 6.07) is 2.24. The van der Waals surface area contributed by atoms with Crippen molar-refractivity contribution in [2.45, 2.75) is 63.7 Å². The Morgan fingerprint density at radius 2 is 1.77 bits per heavy atom. The lowest BCUT2D eigenvalue weighted by Gasteiger charge is -2.34. The number of nitrogens with zero attached hydrogens (tertiary/aromatic N) is 3. The van der Waals surface area contributed by atoms with Crippen LogP contribution in [0.5, 0.6) is 0 Å². The monoisotopic (exact) mass is 490 g/mol. The van der Waals surface area contributed by atoms with Crippen molar-refractivity contribution in [2.24, 2.45) is 13.0 Å². The second kappa shape index (κ2) is 10.9. The van der Waals surface area contributed by atoms with Crippen LogP contribution >= 0.6 is 0 Å². The first-order valence-electron chi connectivity index (χ1n) is 12.4. The van der Waals surface area contributed by atoms with Crippen LogP contribution in [0.1, 0.15) is 57.4 Å². The van der Waals surface area contributed by atoms with Crippen LogP contribution in [-0.2, 0) is 26.1 Å². The number of carbonyl (C=O) groups is 2. The van der Waals surface area contributed by atoms with Crippen LogP contribution in [-0.4, -0.2) is 54.5 Å². The summed E-state index contributed by atoms with van der Waals surface area (Å²) >= 11 is 0. The highest BCUT2D eigenvalue weighted by Gasteiger charge is 2.32. The molecule has 1 unspecified atom stereocenters. The minimum atomic E-state index is -0.826. The van der Waals surface area contributed by atoms with Crippen LogP contribution in [0, 0.1) is 11.7 Å². The first-order chi connectivity index (χ1) is 16.8. The van der Waals surface area contributed by atoms with Crippen LogP contribution < -0.4 is 15.9 Å². The third-order valence-corrected chi connectivity index (χ3v) is 7.46. The van der Waals surface area contributed by atoms with Crippen LogP contribution in [0.15, 0.2) is 16.9 Å². The minimum absolute atomic E-state index is 0.143. The summed E-state index contributed by atoms with van der Waals surface area (Å²) in [6.45, 7) is 1.52. The van der Waals surface area contributed by atoms with Gasteiger partial charge in [-0.1, -0.05) is 12.8 Å². The molecule has 0 saturated carbocycles. The number of nitrogens with one attached hydrogen (secondary N) is 1. The zero-order valence-corrected chi connectivity index (χ0v) is 20.7. The molecule has 9 nitrogen and oxygen atoms in total. The number of imidazole rings is 1. The molecule has 4 rings (SSSR count). The topological polar surface area (TPSA) is 94.8 Å². The number of piperidine rings is 2. The second-order valence-electron chi connectivity index (χ2n) is 9.59. The standard InChI is InChI=1S/C25H35FN4O5/c1-28-20-15-19(29-12-10-16(11-13-29)6-4-5-7-23(34-2)35-3)17(26)14-21(20)30(25(28)33)18-8-9-22(31)27-24(18)32/h14-16,18,23H,4-13H2,1-3H3,(H,27,31,32). The summed E-state index contributed by atoms with van der Waals surface area (Å²) < 4.78 is 28.5. The van der Waals surface area contributed by atoms with E-state index in [1.807, 2.05) is 4.90 Å². The third kappa shape index (κ3) is 5.28. The quantitative estimate of drug-likeness (QED) is 0.330. The maximum atomic E-state index is 15.3. The van der Waals surface area contributed by atoms with Crippen molar-refractivity contribution in [3.63, 3.8) is 0 Å². The van der Waals surface area contributed by atoms with Gasteiger partial charge in [0.15, 0.2) is 6.29 Å². The van der Waals surface area contributed by atoms with Gasteiger partial charge in [0.05, 0.1) is 16.7 Å². The summed E-state index contributed by atoms with van der Waals surface area (Å²) in [5, 5.41) is 2.28. The van der Waals surface area contributed by atoms with E-state index in [9.17, 15) is 14.4 Å². The molecule has 1 aromatic carbocycles. The van der Waals surface area contributed by atoms with Gasteiger partial charge in [0.25, 0.3) is 0 Å². The van der Waals surface area contributed by atoms with Gasteiger partial charge in [-0.25, -0.2) is 9.18 Å². The van der Waals surface area contributed by atoms with E-state index in [0.717, 1.165) is 51.6 Å². The van der Waals surface area contributed by atoms with E-state index in [1.54, 1.807) is 27.3 Å². The van der Waals surface area contributed by atoms with E-state index in [-0.39, 0.29) is 25.0 Å². The van der Waals surface area contributed by atoms with E-state index in [0.29, 0.717) is 22.6 Å². The highest BCUT2D eigenvalue weighted by atomic mass is 19.1. The van der Waals surface area contributed by atoms with Gasteiger partial charge in [0, 0.05) is 46.8 Å². The smallest absolute Gasteiger partial charge is 0.329 e. The molecule has 0 spiro atoms. The lowest BCUT2D eigenvalue weighted by Crippen LogP contribution is -2.44. The molecule has 2 aliphatic rings. The minimum Gasteiger partial charge on any atom is -0.369 e. The highest BCUT2D eigenvalue weighted by molar-refractivity contribution is 6.00. The van der Waals surface area contributed by atoms with Crippen molar-refractivity contribution in [1.29, 1.82) is 0 Å². The molecular formula is C25H35FN4O5. The lowest BCUT2D eigenvalue weighted by molar-refractivity contribution is -0.135. The third-order valence-electron chi connectivity index (χ3n) is 7.46. The Kier molecular flexibility index (Phi) is 7.91. The number of imide groups is 1. The van der Waals surface area contributed by atoms with Crippen molar-refractivity contribution in [3.05, 3.63) is 28.4 Å². The van der Waals surface area contributed by atoms with Gasteiger partial charge < -0.3 is 14.4 Å². The first kappa shape index (κ1) is 25.4. The largest absolute Gasteiger partial charge is 0.369 e. The van der Waals surface area contributed by atoms with Crippen LogP contribution in [0.25, 0.3) is 11.0 Å². The summed E-state index contributed by atoms with van der Waals surface area (Å²) in [6.07, 6.45) is 6.40. The Bertz CT molecular complexity index is 1130. The Morgan fingerprint density at radius 3 is 2.43 bits per heavy atom. The lowest BCUT2D eigenvalue weighted by atomic mass is 9.91. The average Bonchev–Trinajstić information content (AvgIpc) is 3.08. The van der Waals surface area contributed by atoms with Gasteiger partial charge in [-0.15, -0.1) is 0 Å². The van der Waals surface area contributed by atoms with Crippen LogP contribution in [0.4, 0.5) is 10.1 Å². The molecule has 2 amide bonds. The molecule has 0 radical (unpaired) electrons. The molecule has 192 valence electrons. The number of benzene rings is 1. The van der Waals surface area contributed by atoms with Gasteiger partial charge in [-0.3, -0.25) is 24.0 Å². The van der Waals surface area contributed by atoms with Crippen molar-refractivity contribution in [1.82, 2.24) is 14.5 Å². The zero-order chi connectivity index (χ0) is 25.1. The van der Waals surface area contributed by atoms with E-state index >= 15 is 4.39 Å². The summed E-state index contributed by atoms with van der Waals surface area (Å²) in [7, 11) is 4.93. The fourth-order valence-corrected chi connectivity index (χ4v) is 5.38. The normalized spacial score (nSPS) is 19.7. The Morgan fingerprint density at radius 1 is 1.06 bits per heavy atom. The number of aryl methyl sites for hydroxylation is 1. The average molecular weight is 491 g/mol. The van der Waals surface area contributed by atoms with Crippen molar-refractivity contribution >= 4 is 28.5 Å². The van der Waals surface area contributed by atoms with Crippen molar-refractivity contribution in [3.8, 4) is 0 Å².